The fourth-order valence-corrected chi connectivity index (χ4v) is 5.92. The molecule has 0 bridgehead atoms. The summed E-state index contributed by atoms with van der Waals surface area (Å²) in [5, 5.41) is 19.4. The van der Waals surface area contributed by atoms with Gasteiger partial charge in [-0.15, -0.1) is 5.10 Å². The van der Waals surface area contributed by atoms with Crippen LogP contribution in [0, 0.1) is 3.57 Å². The molecule has 1 saturated heterocycles. The van der Waals surface area contributed by atoms with Gasteiger partial charge in [0.1, 0.15) is 11.1 Å². The molecule has 2 aliphatic rings. The first-order chi connectivity index (χ1) is 15.0. The normalized spacial score (nSPS) is 23.2. The molecule has 1 aliphatic carbocycles. The van der Waals surface area contributed by atoms with Gasteiger partial charge in [0.2, 0.25) is 5.95 Å². The molecule has 10 heteroatoms. The molecule has 1 saturated carbocycles. The van der Waals surface area contributed by atoms with Crippen molar-refractivity contribution in [1.82, 2.24) is 19.5 Å². The van der Waals surface area contributed by atoms with Gasteiger partial charge in [-0.3, -0.25) is 0 Å². The highest BCUT2D eigenvalue weighted by Crippen LogP contribution is 2.49. The molecule has 0 radical (unpaired) electrons. The van der Waals surface area contributed by atoms with Gasteiger partial charge < -0.3 is 20.1 Å². The van der Waals surface area contributed by atoms with Crippen LogP contribution in [0.2, 0.25) is 5.02 Å². The molecule has 8 nitrogen and oxygen atoms in total. The van der Waals surface area contributed by atoms with Crippen LogP contribution in [-0.2, 0) is 10.2 Å². The zero-order valence-electron chi connectivity index (χ0n) is 19.0. The number of aliphatic hydroxyl groups is 1. The van der Waals surface area contributed by atoms with Gasteiger partial charge in [-0.25, -0.2) is 14.3 Å². The van der Waals surface area contributed by atoms with Crippen molar-refractivity contribution in [2.75, 3.05) is 18.4 Å². The first-order valence-corrected chi connectivity index (χ1v) is 12.7. The van der Waals surface area contributed by atoms with E-state index in [9.17, 15) is 9.90 Å². The van der Waals surface area contributed by atoms with Crippen LogP contribution >= 0.6 is 34.2 Å². The van der Waals surface area contributed by atoms with Crippen molar-refractivity contribution in [3.63, 3.8) is 0 Å². The van der Waals surface area contributed by atoms with Crippen molar-refractivity contribution in [3.8, 4) is 0 Å². The largest absolute Gasteiger partial charge is 0.444 e. The van der Waals surface area contributed by atoms with Crippen LogP contribution in [0.1, 0.15) is 65.5 Å². The second-order valence-electron chi connectivity index (χ2n) is 9.88. The van der Waals surface area contributed by atoms with Crippen molar-refractivity contribution in [2.45, 2.75) is 83.0 Å². The van der Waals surface area contributed by atoms with Crippen LogP contribution in [0.5, 0.6) is 0 Å². The van der Waals surface area contributed by atoms with Gasteiger partial charge in [-0.05, 0) is 69.0 Å². The van der Waals surface area contributed by atoms with Gasteiger partial charge in [0.25, 0.3) is 0 Å². The third-order valence-corrected chi connectivity index (χ3v) is 8.36. The van der Waals surface area contributed by atoms with Crippen molar-refractivity contribution < 1.29 is 14.6 Å². The number of β-amino-alcohol motifs (C(OH)–C–C–N with tert-alkyl or cyclic N) is 1. The summed E-state index contributed by atoms with van der Waals surface area (Å²) in [6.45, 7) is 8.41. The third-order valence-electron chi connectivity index (χ3n) is 6.61. The van der Waals surface area contributed by atoms with E-state index >= 15 is 0 Å². The van der Waals surface area contributed by atoms with E-state index in [1.165, 1.54) is 6.42 Å². The molecule has 0 spiro atoms. The van der Waals surface area contributed by atoms with Crippen molar-refractivity contribution in [1.29, 1.82) is 0 Å². The summed E-state index contributed by atoms with van der Waals surface area (Å²) in [5.41, 5.74) is 1.51. The molecular formula is C22H31ClIN5O3. The zero-order chi connectivity index (χ0) is 23.3. The lowest BCUT2D eigenvalue weighted by molar-refractivity contribution is 0.00112. The summed E-state index contributed by atoms with van der Waals surface area (Å²) in [7, 11) is 0. The van der Waals surface area contributed by atoms with E-state index in [-0.39, 0.29) is 18.0 Å². The number of hydrogen-bond acceptors (Lipinski definition) is 6. The van der Waals surface area contributed by atoms with Crippen LogP contribution in [0.15, 0.2) is 6.20 Å². The molecule has 2 aromatic rings. The molecular weight excluding hydrogens is 545 g/mol. The fourth-order valence-electron chi connectivity index (χ4n) is 4.62. The first kappa shape index (κ1) is 23.8. The summed E-state index contributed by atoms with van der Waals surface area (Å²) < 4.78 is 8.41. The zero-order valence-corrected chi connectivity index (χ0v) is 21.9. The van der Waals surface area contributed by atoms with E-state index in [1.54, 1.807) is 11.1 Å². The van der Waals surface area contributed by atoms with Crippen LogP contribution in [-0.4, -0.2) is 61.5 Å². The van der Waals surface area contributed by atoms with Crippen molar-refractivity contribution in [3.05, 3.63) is 20.5 Å². The predicted molar refractivity (Wildman–Crippen MR) is 132 cm³/mol. The highest BCUT2D eigenvalue weighted by atomic mass is 127. The fraction of sp³-hybridized carbons (Fsp3) is 0.682. The number of anilines is 1. The van der Waals surface area contributed by atoms with Gasteiger partial charge in [0, 0.05) is 12.0 Å². The number of carbonyl (C=O) groups is 1. The van der Waals surface area contributed by atoms with Crippen molar-refractivity contribution >= 4 is 51.8 Å². The molecule has 4 rings (SSSR count). The number of halogens is 2. The number of aliphatic hydroxyl groups excluding tert-OH is 1. The van der Waals surface area contributed by atoms with E-state index in [0.29, 0.717) is 23.9 Å². The second kappa shape index (κ2) is 8.79. The Balaban J connectivity index is 1.52. The van der Waals surface area contributed by atoms with Crippen LogP contribution < -0.4 is 5.32 Å². The summed E-state index contributed by atoms with van der Waals surface area (Å²) in [4.78, 5) is 18.3. The highest BCUT2D eigenvalue weighted by molar-refractivity contribution is 14.1. The standard InChI is InChI=1S/C22H31ClIN5O3/c1-5-22(8-6-9-22)18-17(24)16(23)14-11-25-19(27-29(14)18)26-13-7-10-28(12-15(13)30)20(31)32-21(2,3)4/h11,13,15,30H,5-10,12H2,1-4H3,(H,26,27)/t13-,15+/m0/s1. The molecule has 1 aliphatic heterocycles. The quantitative estimate of drug-likeness (QED) is 0.518. The lowest BCUT2D eigenvalue weighted by atomic mass is 9.65. The molecule has 3 heterocycles. The molecule has 0 aromatic carbocycles. The number of nitrogens with one attached hydrogen (secondary N) is 1. The number of carbonyl (C=O) groups excluding carboxylic acids is 1. The maximum atomic E-state index is 12.3. The van der Waals surface area contributed by atoms with Crippen LogP contribution in [0.4, 0.5) is 10.7 Å². The van der Waals surface area contributed by atoms with Gasteiger partial charge in [0.05, 0.1) is 39.2 Å². The monoisotopic (exact) mass is 575 g/mol. The lowest BCUT2D eigenvalue weighted by Gasteiger charge is -2.41. The van der Waals surface area contributed by atoms with Gasteiger partial charge in [-0.2, -0.15) is 0 Å². The average Bonchev–Trinajstić information content (AvgIpc) is 2.93. The minimum Gasteiger partial charge on any atom is -0.444 e. The number of amides is 1. The van der Waals surface area contributed by atoms with Gasteiger partial charge in [-0.1, -0.05) is 24.9 Å². The summed E-state index contributed by atoms with van der Waals surface area (Å²) in [6, 6.07) is -0.261. The Hall–Kier alpha value is -1.33. The Kier molecular flexibility index (Phi) is 6.54. The summed E-state index contributed by atoms with van der Waals surface area (Å²) in [5.74, 6) is 0.446. The van der Waals surface area contributed by atoms with E-state index in [4.69, 9.17) is 21.4 Å². The van der Waals surface area contributed by atoms with E-state index in [1.807, 2.05) is 25.3 Å². The molecule has 32 heavy (non-hydrogen) atoms. The molecule has 0 unspecified atom stereocenters. The number of piperidine rings is 1. The summed E-state index contributed by atoms with van der Waals surface area (Å²) in [6.07, 6.45) is 5.68. The van der Waals surface area contributed by atoms with Crippen LogP contribution in [0.3, 0.4) is 0 Å². The topological polar surface area (TPSA) is 92.0 Å². The Labute approximate surface area is 207 Å². The maximum Gasteiger partial charge on any atom is 0.410 e. The Morgan fingerprint density at radius 3 is 2.72 bits per heavy atom. The predicted octanol–water partition coefficient (Wildman–Crippen LogP) is 4.60. The third kappa shape index (κ3) is 4.40. The molecule has 1 amide bonds. The molecule has 2 fully saturated rings. The first-order valence-electron chi connectivity index (χ1n) is 11.2. The number of aromatic nitrogens is 3. The number of ether oxygens (including phenoxy) is 1. The Bertz CT molecular complexity index is 1010. The number of nitrogens with zero attached hydrogens (tertiary/aromatic N) is 4. The number of fused-ring (bicyclic) bond motifs is 1. The minimum absolute atomic E-state index is 0.108. The van der Waals surface area contributed by atoms with Crippen molar-refractivity contribution in [2.24, 2.45) is 0 Å². The Morgan fingerprint density at radius 2 is 2.16 bits per heavy atom. The van der Waals surface area contributed by atoms with Gasteiger partial charge in [0.15, 0.2) is 0 Å². The number of hydrogen-bond donors (Lipinski definition) is 2. The average molecular weight is 576 g/mol. The highest BCUT2D eigenvalue weighted by Gasteiger charge is 2.42. The molecule has 176 valence electrons. The molecule has 2 N–H and O–H groups in total. The molecule has 2 aromatic heterocycles. The maximum absolute atomic E-state index is 12.3. The van der Waals surface area contributed by atoms with Gasteiger partial charge >= 0.3 is 6.09 Å². The number of rotatable bonds is 4. The summed E-state index contributed by atoms with van der Waals surface area (Å²) >= 11 is 8.95. The molecule has 2 atom stereocenters. The van der Waals surface area contributed by atoms with E-state index in [2.05, 4.69) is 39.8 Å². The number of likely N-dealkylation sites (tertiary alicyclic amines) is 1. The van der Waals surface area contributed by atoms with E-state index in [0.717, 1.165) is 34.0 Å². The van der Waals surface area contributed by atoms with Crippen LogP contribution in [0.25, 0.3) is 5.52 Å². The second-order valence-corrected chi connectivity index (χ2v) is 11.3. The Morgan fingerprint density at radius 1 is 1.44 bits per heavy atom. The lowest BCUT2D eigenvalue weighted by Crippen LogP contribution is -2.52. The smallest absolute Gasteiger partial charge is 0.410 e. The SMILES string of the molecule is CCC1(c2c(I)c(Cl)c3cnc(N[C@H]4CCN(C(=O)OC(C)(C)C)C[C@H]4O)nn23)CCC1. The van der Waals surface area contributed by atoms with E-state index < -0.39 is 17.8 Å². The minimum atomic E-state index is -0.753.